The number of rotatable bonds is 7. The van der Waals surface area contributed by atoms with Crippen LogP contribution >= 0.6 is 0 Å². The van der Waals surface area contributed by atoms with Crippen LogP contribution in [-0.4, -0.2) is 38.9 Å². The largest absolute Gasteiger partial charge is 0.468 e. The molecule has 0 fully saturated rings. The molecule has 0 atom stereocenters. The normalized spacial score (nSPS) is 11.9. The van der Waals surface area contributed by atoms with Gasteiger partial charge in [0.05, 0.1) is 12.0 Å². The number of benzene rings is 1. The van der Waals surface area contributed by atoms with Gasteiger partial charge in [-0.15, -0.1) is 0 Å². The first-order valence-electron chi connectivity index (χ1n) is 6.97. The number of ether oxygens (including phenoxy) is 1. The zero-order chi connectivity index (χ0) is 16.0. The van der Waals surface area contributed by atoms with Gasteiger partial charge in [-0.05, 0) is 30.0 Å². The molecular formula is C15H23NO4S. The molecule has 0 amide bonds. The monoisotopic (exact) mass is 313 g/mol. The molecule has 0 N–H and O–H groups in total. The second kappa shape index (κ2) is 7.56. The SMILES string of the molecule is CCN(CC(=O)OC)S(=O)(=O)c1ccc(CC(C)C)cc1. The van der Waals surface area contributed by atoms with Gasteiger partial charge in [-0.3, -0.25) is 4.79 Å². The predicted octanol–water partition coefficient (Wildman–Crippen LogP) is 2.07. The highest BCUT2D eigenvalue weighted by molar-refractivity contribution is 7.89. The zero-order valence-electron chi connectivity index (χ0n) is 13.0. The van der Waals surface area contributed by atoms with Crippen molar-refractivity contribution in [1.29, 1.82) is 0 Å². The zero-order valence-corrected chi connectivity index (χ0v) is 13.8. The molecule has 118 valence electrons. The summed E-state index contributed by atoms with van der Waals surface area (Å²) < 4.78 is 30.6. The minimum absolute atomic E-state index is 0.195. The first kappa shape index (κ1) is 17.7. The Bertz CT molecular complexity index is 564. The Balaban J connectivity index is 2.97. The quantitative estimate of drug-likeness (QED) is 0.723. The van der Waals surface area contributed by atoms with Crippen LogP contribution in [0.15, 0.2) is 29.2 Å². The third-order valence-electron chi connectivity index (χ3n) is 3.09. The summed E-state index contributed by atoms with van der Waals surface area (Å²) in [6.07, 6.45) is 0.903. The van der Waals surface area contributed by atoms with E-state index in [1.54, 1.807) is 19.1 Å². The van der Waals surface area contributed by atoms with Crippen LogP contribution < -0.4 is 0 Å². The van der Waals surface area contributed by atoms with Gasteiger partial charge in [0.25, 0.3) is 0 Å². The van der Waals surface area contributed by atoms with Crippen LogP contribution in [0.1, 0.15) is 26.3 Å². The topological polar surface area (TPSA) is 63.7 Å². The molecule has 1 rings (SSSR count). The molecule has 0 bridgehead atoms. The van der Waals surface area contributed by atoms with Gasteiger partial charge < -0.3 is 4.74 Å². The maximum Gasteiger partial charge on any atom is 0.321 e. The van der Waals surface area contributed by atoms with E-state index in [0.717, 1.165) is 16.3 Å². The number of esters is 1. The van der Waals surface area contributed by atoms with Crippen LogP contribution in [0.25, 0.3) is 0 Å². The summed E-state index contributed by atoms with van der Waals surface area (Å²) in [4.78, 5) is 11.5. The second-order valence-electron chi connectivity index (χ2n) is 5.25. The number of sulfonamides is 1. The fourth-order valence-corrected chi connectivity index (χ4v) is 3.39. The molecule has 6 heteroatoms. The van der Waals surface area contributed by atoms with Crippen molar-refractivity contribution in [3.05, 3.63) is 29.8 Å². The summed E-state index contributed by atoms with van der Waals surface area (Å²) in [7, 11) is -2.43. The van der Waals surface area contributed by atoms with Crippen molar-refractivity contribution in [2.45, 2.75) is 32.1 Å². The number of likely N-dealkylation sites (N-methyl/N-ethyl adjacent to an activating group) is 1. The number of methoxy groups -OCH3 is 1. The van der Waals surface area contributed by atoms with E-state index in [9.17, 15) is 13.2 Å². The third kappa shape index (κ3) is 4.82. The van der Waals surface area contributed by atoms with Gasteiger partial charge in [-0.2, -0.15) is 4.31 Å². The molecule has 0 aliphatic rings. The number of hydrogen-bond donors (Lipinski definition) is 0. The van der Waals surface area contributed by atoms with E-state index >= 15 is 0 Å². The smallest absolute Gasteiger partial charge is 0.321 e. The van der Waals surface area contributed by atoms with Gasteiger partial charge >= 0.3 is 5.97 Å². The van der Waals surface area contributed by atoms with E-state index in [1.807, 2.05) is 12.1 Å². The molecule has 0 unspecified atom stereocenters. The molecule has 1 aromatic rings. The van der Waals surface area contributed by atoms with Gasteiger partial charge in [0.2, 0.25) is 10.0 Å². The molecule has 0 saturated heterocycles. The highest BCUT2D eigenvalue weighted by Gasteiger charge is 2.25. The van der Waals surface area contributed by atoms with Crippen molar-refractivity contribution >= 4 is 16.0 Å². The number of carbonyl (C=O) groups excluding carboxylic acids is 1. The number of carbonyl (C=O) groups is 1. The number of hydrogen-bond acceptors (Lipinski definition) is 4. The van der Waals surface area contributed by atoms with E-state index < -0.39 is 16.0 Å². The van der Waals surface area contributed by atoms with Crippen molar-refractivity contribution in [3.8, 4) is 0 Å². The van der Waals surface area contributed by atoms with Gasteiger partial charge in [0.1, 0.15) is 6.54 Å². The molecule has 1 aromatic carbocycles. The molecular weight excluding hydrogens is 290 g/mol. The van der Waals surface area contributed by atoms with Crippen LogP contribution in [0.5, 0.6) is 0 Å². The van der Waals surface area contributed by atoms with Crippen LogP contribution in [0.2, 0.25) is 0 Å². The lowest BCUT2D eigenvalue weighted by atomic mass is 10.0. The Morgan fingerprint density at radius 3 is 2.24 bits per heavy atom. The standard InChI is InChI=1S/C15H23NO4S/c1-5-16(11-15(17)20-4)21(18,19)14-8-6-13(7-9-14)10-12(2)3/h6-9,12H,5,10-11H2,1-4H3. The van der Waals surface area contributed by atoms with E-state index in [1.165, 1.54) is 7.11 Å². The molecule has 0 aromatic heterocycles. The van der Waals surface area contributed by atoms with Crippen molar-refractivity contribution < 1.29 is 17.9 Å². The Hall–Kier alpha value is -1.40. The van der Waals surface area contributed by atoms with Gasteiger partial charge in [-0.25, -0.2) is 8.42 Å². The summed E-state index contributed by atoms with van der Waals surface area (Å²) in [6.45, 7) is 5.85. The fourth-order valence-electron chi connectivity index (χ4n) is 1.99. The molecule has 0 radical (unpaired) electrons. The molecule has 0 aliphatic carbocycles. The summed E-state index contributed by atoms with van der Waals surface area (Å²) >= 11 is 0. The van der Waals surface area contributed by atoms with Gasteiger partial charge in [0.15, 0.2) is 0 Å². The summed E-state index contributed by atoms with van der Waals surface area (Å²) in [5, 5.41) is 0. The average molecular weight is 313 g/mol. The average Bonchev–Trinajstić information content (AvgIpc) is 2.44. The van der Waals surface area contributed by atoms with E-state index in [4.69, 9.17) is 0 Å². The Labute approximate surface area is 127 Å². The van der Waals surface area contributed by atoms with Crippen molar-refractivity contribution in [2.24, 2.45) is 5.92 Å². The molecule has 0 saturated carbocycles. The highest BCUT2D eigenvalue weighted by atomic mass is 32.2. The number of nitrogens with zero attached hydrogens (tertiary/aromatic N) is 1. The fraction of sp³-hybridized carbons (Fsp3) is 0.533. The first-order chi connectivity index (χ1) is 9.81. The van der Waals surface area contributed by atoms with Crippen molar-refractivity contribution in [1.82, 2.24) is 4.31 Å². The van der Waals surface area contributed by atoms with Crippen molar-refractivity contribution in [3.63, 3.8) is 0 Å². The van der Waals surface area contributed by atoms with Crippen LogP contribution in [0, 0.1) is 5.92 Å². The third-order valence-corrected chi connectivity index (χ3v) is 5.03. The first-order valence-corrected chi connectivity index (χ1v) is 8.41. The molecule has 0 aliphatic heterocycles. The minimum Gasteiger partial charge on any atom is -0.468 e. The molecule has 5 nitrogen and oxygen atoms in total. The Morgan fingerprint density at radius 2 is 1.81 bits per heavy atom. The van der Waals surface area contributed by atoms with Crippen molar-refractivity contribution in [2.75, 3.05) is 20.2 Å². The maximum absolute atomic E-state index is 12.5. The van der Waals surface area contributed by atoms with E-state index in [2.05, 4.69) is 18.6 Å². The Kier molecular flexibility index (Phi) is 6.36. The minimum atomic E-state index is -3.67. The lowest BCUT2D eigenvalue weighted by molar-refractivity contribution is -0.140. The summed E-state index contributed by atoms with van der Waals surface area (Å²) in [6, 6.07) is 6.82. The summed E-state index contributed by atoms with van der Waals surface area (Å²) in [5.41, 5.74) is 1.10. The van der Waals surface area contributed by atoms with Crippen LogP contribution in [-0.2, 0) is 26.0 Å². The van der Waals surface area contributed by atoms with Crippen LogP contribution in [0.3, 0.4) is 0 Å². The molecule has 21 heavy (non-hydrogen) atoms. The van der Waals surface area contributed by atoms with Crippen LogP contribution in [0.4, 0.5) is 0 Å². The lowest BCUT2D eigenvalue weighted by Gasteiger charge is -2.19. The van der Waals surface area contributed by atoms with E-state index in [-0.39, 0.29) is 18.0 Å². The summed E-state index contributed by atoms with van der Waals surface area (Å²) in [5.74, 6) is -0.0595. The molecule has 0 heterocycles. The van der Waals surface area contributed by atoms with E-state index in [0.29, 0.717) is 5.92 Å². The molecule has 0 spiro atoms. The highest BCUT2D eigenvalue weighted by Crippen LogP contribution is 2.17. The predicted molar refractivity (Wildman–Crippen MR) is 81.4 cm³/mol. The van der Waals surface area contributed by atoms with Gasteiger partial charge in [-0.1, -0.05) is 32.9 Å². The Morgan fingerprint density at radius 1 is 1.24 bits per heavy atom. The maximum atomic E-state index is 12.5. The second-order valence-corrected chi connectivity index (χ2v) is 7.19. The lowest BCUT2D eigenvalue weighted by Crippen LogP contribution is -2.36. The van der Waals surface area contributed by atoms with Gasteiger partial charge in [0, 0.05) is 6.54 Å².